The molecule has 2 aromatic rings. The first-order valence-electron chi connectivity index (χ1n) is 4.81. The van der Waals surface area contributed by atoms with E-state index >= 15 is 0 Å². The highest BCUT2D eigenvalue weighted by molar-refractivity contribution is 5.89. The van der Waals surface area contributed by atoms with Crippen molar-refractivity contribution in [2.45, 2.75) is 0 Å². The monoisotopic (exact) mass is 234 g/mol. The maximum Gasteiger partial charge on any atom is 0.211 e. The number of benzene rings is 1. The van der Waals surface area contributed by atoms with Crippen molar-refractivity contribution < 1.29 is 4.39 Å². The number of aryl methyl sites for hydroxylation is 1. The van der Waals surface area contributed by atoms with Crippen molar-refractivity contribution in [3.8, 4) is 0 Å². The molecule has 0 saturated carbocycles. The van der Waals surface area contributed by atoms with E-state index in [4.69, 9.17) is 11.5 Å². The highest BCUT2D eigenvalue weighted by Crippen LogP contribution is 2.17. The van der Waals surface area contributed by atoms with Crippen molar-refractivity contribution in [1.82, 2.24) is 9.78 Å². The molecule has 0 bridgehead atoms. The number of hydrogen-bond donors (Lipinski definition) is 2. The van der Waals surface area contributed by atoms with Crippen LogP contribution in [0.5, 0.6) is 0 Å². The van der Waals surface area contributed by atoms with Crippen LogP contribution in [0.1, 0.15) is 5.56 Å². The minimum Gasteiger partial charge on any atom is -0.369 e. The lowest BCUT2D eigenvalue weighted by Gasteiger charge is -1.98. The third-order valence-electron chi connectivity index (χ3n) is 2.23. The molecule has 0 atom stereocenters. The van der Waals surface area contributed by atoms with Gasteiger partial charge in [0.1, 0.15) is 5.82 Å². The summed E-state index contributed by atoms with van der Waals surface area (Å²) in [4.78, 5) is 0. The molecule has 4 N–H and O–H groups in total. The van der Waals surface area contributed by atoms with E-state index < -0.39 is 5.82 Å². The molecule has 17 heavy (non-hydrogen) atoms. The van der Waals surface area contributed by atoms with E-state index in [1.54, 1.807) is 24.0 Å². The van der Waals surface area contributed by atoms with Crippen LogP contribution >= 0.6 is 0 Å². The van der Waals surface area contributed by atoms with Gasteiger partial charge in [-0.3, -0.25) is 4.68 Å². The van der Waals surface area contributed by atoms with Gasteiger partial charge in [-0.1, -0.05) is 0 Å². The number of hydrogen-bond acceptors (Lipinski definition) is 3. The van der Waals surface area contributed by atoms with E-state index in [0.29, 0.717) is 5.56 Å². The van der Waals surface area contributed by atoms with Crippen LogP contribution in [0, 0.1) is 5.82 Å². The van der Waals surface area contributed by atoms with Crippen LogP contribution in [0.2, 0.25) is 0 Å². The summed E-state index contributed by atoms with van der Waals surface area (Å²) in [5, 5.41) is 11.7. The van der Waals surface area contributed by atoms with Crippen LogP contribution in [0.3, 0.4) is 0 Å². The third kappa shape index (κ3) is 2.22. The Bertz CT molecular complexity index is 609. The Hall–Kier alpha value is -2.44. The van der Waals surface area contributed by atoms with Gasteiger partial charge in [0.25, 0.3) is 0 Å². The molecule has 0 saturated heterocycles. The Morgan fingerprint density at radius 2 is 2.24 bits per heavy atom. The number of fused-ring (bicyclic) bond motifs is 1. The normalized spacial score (nSPS) is 11.2. The summed E-state index contributed by atoms with van der Waals surface area (Å²) in [5.74, 6) is -0.580. The fraction of sp³-hybridized carbons (Fsp3) is 0.100. The maximum absolute atomic E-state index is 13.6. The maximum atomic E-state index is 13.6. The van der Waals surface area contributed by atoms with Gasteiger partial charge in [-0.05, 0) is 12.1 Å². The number of nitrogens with two attached hydrogens (primary N) is 2. The molecule has 0 aliphatic rings. The van der Waals surface area contributed by atoms with Crippen molar-refractivity contribution in [1.29, 1.82) is 0 Å². The number of nitrogens with zero attached hydrogens (tertiary/aromatic N) is 4. The summed E-state index contributed by atoms with van der Waals surface area (Å²) in [6.45, 7) is 0. The Morgan fingerprint density at radius 1 is 1.47 bits per heavy atom. The zero-order chi connectivity index (χ0) is 12.4. The standard InChI is InChI=1S/C10H11FN6/c1-17-9-3-6(4-14-16-10(12)13)8(11)2-7(9)5-15-17/h2-5H,1H3,(H4,12,13,16). The van der Waals surface area contributed by atoms with Gasteiger partial charge in [0.15, 0.2) is 0 Å². The van der Waals surface area contributed by atoms with Gasteiger partial charge in [0.2, 0.25) is 5.96 Å². The molecule has 6 nitrogen and oxygen atoms in total. The van der Waals surface area contributed by atoms with Gasteiger partial charge < -0.3 is 11.5 Å². The summed E-state index contributed by atoms with van der Waals surface area (Å²) in [6.07, 6.45) is 2.84. The van der Waals surface area contributed by atoms with Crippen molar-refractivity contribution in [3.05, 3.63) is 29.7 Å². The molecule has 0 aliphatic carbocycles. The first kappa shape index (κ1) is 11.1. The molecule has 0 amide bonds. The third-order valence-corrected chi connectivity index (χ3v) is 2.23. The van der Waals surface area contributed by atoms with Crippen LogP contribution in [0.15, 0.2) is 28.5 Å². The molecule has 0 radical (unpaired) electrons. The number of halogens is 1. The quantitative estimate of drug-likeness (QED) is 0.445. The van der Waals surface area contributed by atoms with Crippen LogP contribution in [-0.2, 0) is 7.05 Å². The lowest BCUT2D eigenvalue weighted by Crippen LogP contribution is -2.21. The number of guanidine groups is 1. The Morgan fingerprint density at radius 3 is 2.94 bits per heavy atom. The molecule has 1 aromatic carbocycles. The first-order chi connectivity index (χ1) is 8.08. The Kier molecular flexibility index (Phi) is 2.73. The Labute approximate surface area is 96.4 Å². The van der Waals surface area contributed by atoms with Crippen molar-refractivity contribution in [3.63, 3.8) is 0 Å². The van der Waals surface area contributed by atoms with Crippen LogP contribution in [0.25, 0.3) is 10.9 Å². The summed E-state index contributed by atoms with van der Waals surface area (Å²) < 4.78 is 15.3. The summed E-state index contributed by atoms with van der Waals surface area (Å²) in [5.41, 5.74) is 11.3. The molecule has 2 rings (SSSR count). The van der Waals surface area contributed by atoms with E-state index in [-0.39, 0.29) is 5.96 Å². The molecule has 0 unspecified atom stereocenters. The SMILES string of the molecule is Cn1ncc2cc(F)c(C=NN=C(N)N)cc21. The van der Waals surface area contributed by atoms with Gasteiger partial charge in [-0.2, -0.15) is 10.2 Å². The number of rotatable bonds is 2. The molecule has 0 aliphatic heterocycles. The highest BCUT2D eigenvalue weighted by Gasteiger charge is 2.05. The second kappa shape index (κ2) is 4.20. The lowest BCUT2D eigenvalue weighted by atomic mass is 10.1. The summed E-state index contributed by atoms with van der Waals surface area (Å²) in [7, 11) is 1.77. The molecule has 1 aromatic heterocycles. The fourth-order valence-corrected chi connectivity index (χ4v) is 1.44. The molecular weight excluding hydrogens is 223 g/mol. The molecule has 1 heterocycles. The second-order valence-electron chi connectivity index (χ2n) is 3.47. The van der Waals surface area contributed by atoms with E-state index in [0.717, 1.165) is 10.9 Å². The van der Waals surface area contributed by atoms with E-state index in [2.05, 4.69) is 15.3 Å². The average Bonchev–Trinajstić information content (AvgIpc) is 2.60. The van der Waals surface area contributed by atoms with Gasteiger partial charge in [-0.25, -0.2) is 4.39 Å². The van der Waals surface area contributed by atoms with Crippen LogP contribution in [-0.4, -0.2) is 22.0 Å². The molecule has 7 heteroatoms. The van der Waals surface area contributed by atoms with Gasteiger partial charge in [-0.15, -0.1) is 5.10 Å². The zero-order valence-corrected chi connectivity index (χ0v) is 9.13. The van der Waals surface area contributed by atoms with E-state index in [9.17, 15) is 4.39 Å². The lowest BCUT2D eigenvalue weighted by molar-refractivity contribution is 0.627. The Balaban J connectivity index is 2.46. The molecule has 0 fully saturated rings. The fourth-order valence-electron chi connectivity index (χ4n) is 1.44. The predicted octanol–water partition coefficient (Wildman–Crippen LogP) is 0.320. The minimum absolute atomic E-state index is 0.178. The van der Waals surface area contributed by atoms with Gasteiger partial charge >= 0.3 is 0 Å². The van der Waals surface area contributed by atoms with Crippen molar-refractivity contribution in [2.75, 3.05) is 0 Å². The summed E-state index contributed by atoms with van der Waals surface area (Å²) >= 11 is 0. The van der Waals surface area contributed by atoms with E-state index in [1.165, 1.54) is 12.3 Å². The van der Waals surface area contributed by atoms with Crippen molar-refractivity contribution >= 4 is 23.1 Å². The largest absolute Gasteiger partial charge is 0.369 e. The molecular formula is C10H11FN6. The van der Waals surface area contributed by atoms with E-state index in [1.807, 2.05) is 0 Å². The topological polar surface area (TPSA) is 94.6 Å². The predicted molar refractivity (Wildman–Crippen MR) is 64.1 cm³/mol. The second-order valence-corrected chi connectivity index (χ2v) is 3.47. The highest BCUT2D eigenvalue weighted by atomic mass is 19.1. The van der Waals surface area contributed by atoms with Gasteiger partial charge in [0, 0.05) is 18.0 Å². The van der Waals surface area contributed by atoms with Gasteiger partial charge in [0.05, 0.1) is 17.9 Å². The minimum atomic E-state index is -0.403. The molecule has 0 spiro atoms. The summed E-state index contributed by atoms with van der Waals surface area (Å²) in [6, 6.07) is 3.02. The average molecular weight is 234 g/mol. The first-order valence-corrected chi connectivity index (χ1v) is 4.81. The smallest absolute Gasteiger partial charge is 0.211 e. The van der Waals surface area contributed by atoms with Crippen LogP contribution < -0.4 is 11.5 Å². The zero-order valence-electron chi connectivity index (χ0n) is 9.13. The molecule has 88 valence electrons. The van der Waals surface area contributed by atoms with Crippen molar-refractivity contribution in [2.24, 2.45) is 28.7 Å². The van der Waals surface area contributed by atoms with Crippen LogP contribution in [0.4, 0.5) is 4.39 Å². The number of aromatic nitrogens is 2.